The van der Waals surface area contributed by atoms with Crippen LogP contribution in [0.4, 0.5) is 3.89 Å². The quantitative estimate of drug-likeness (QED) is 0.405. The van der Waals surface area contributed by atoms with Gasteiger partial charge in [-0.3, -0.25) is 0 Å². The van der Waals surface area contributed by atoms with E-state index in [0.29, 0.717) is 0 Å². The van der Waals surface area contributed by atoms with E-state index >= 15 is 0 Å². The van der Waals surface area contributed by atoms with Crippen LogP contribution in [-0.4, -0.2) is 15.0 Å². The highest BCUT2D eigenvalue weighted by molar-refractivity contribution is 7.84. The average Bonchev–Trinajstić information content (AvgIpc) is 1.59. The van der Waals surface area contributed by atoms with Crippen molar-refractivity contribution >= 4 is 10.4 Å². The Kier molecular flexibility index (Phi) is 2.37. The van der Waals surface area contributed by atoms with E-state index in [1.54, 1.807) is 0 Å². The Morgan fingerprint density at radius 2 is 2.25 bits per heavy atom. The highest BCUT2D eigenvalue weighted by Crippen LogP contribution is 1.78. The minimum absolute atomic E-state index is 0.529. The zero-order valence-electron chi connectivity index (χ0n) is 3.76. The van der Waals surface area contributed by atoms with Crippen LogP contribution in [0.5, 0.6) is 0 Å². The number of nitrogens with one attached hydrogen (secondary N) is 1. The molecule has 0 aliphatic carbocycles. The molecule has 0 spiro atoms. The van der Waals surface area contributed by atoms with Crippen LogP contribution >= 0.6 is 0 Å². The summed E-state index contributed by atoms with van der Waals surface area (Å²) in [5, 5.41) is 7.69. The monoisotopic (exact) mass is 138 g/mol. The summed E-state index contributed by atoms with van der Waals surface area (Å²) >= 11 is 0. The summed E-state index contributed by atoms with van der Waals surface area (Å²) in [6.45, 7) is -0.529. The number of nitriles is 1. The fourth-order valence-corrected chi connectivity index (χ4v) is 0.355. The van der Waals surface area contributed by atoms with Crippen LogP contribution in [-0.2, 0) is 10.4 Å². The third kappa shape index (κ3) is 5.33. The smallest absolute Gasteiger partial charge is 0.197 e. The second-order valence-electron chi connectivity index (χ2n) is 0.917. The number of rotatable bonds is 2. The van der Waals surface area contributed by atoms with Crippen molar-refractivity contribution < 1.29 is 12.3 Å². The van der Waals surface area contributed by atoms with Crippen LogP contribution in [0.25, 0.3) is 0 Å². The van der Waals surface area contributed by atoms with Crippen molar-refractivity contribution in [2.75, 3.05) is 6.54 Å². The van der Waals surface area contributed by atoms with Crippen molar-refractivity contribution in [2.24, 2.45) is 0 Å². The Morgan fingerprint density at radius 1 is 1.75 bits per heavy atom. The normalized spacial score (nSPS) is 10.5. The molecule has 6 heteroatoms. The van der Waals surface area contributed by atoms with Crippen LogP contribution in [0, 0.1) is 11.3 Å². The van der Waals surface area contributed by atoms with E-state index < -0.39 is 17.0 Å². The number of halogens is 1. The lowest BCUT2D eigenvalue weighted by Crippen LogP contribution is -2.18. The van der Waals surface area contributed by atoms with Gasteiger partial charge in [0.2, 0.25) is 0 Å². The maximum atomic E-state index is 11.3. The van der Waals surface area contributed by atoms with Gasteiger partial charge in [0.15, 0.2) is 0 Å². The lowest BCUT2D eigenvalue weighted by molar-refractivity contribution is 0.540. The lowest BCUT2D eigenvalue weighted by Gasteiger charge is -1.85. The topological polar surface area (TPSA) is 70.0 Å². The Bertz CT molecular complexity index is 191. The Balaban J connectivity index is 3.63. The molecule has 0 atom stereocenters. The summed E-state index contributed by atoms with van der Waals surface area (Å²) < 4.78 is 31.5. The lowest BCUT2D eigenvalue weighted by atomic mass is 10.8. The molecule has 0 saturated carbocycles. The number of hydrogen-bond donors (Lipinski definition) is 1. The summed E-state index contributed by atoms with van der Waals surface area (Å²) in [4.78, 5) is 0. The van der Waals surface area contributed by atoms with E-state index in [1.807, 2.05) is 0 Å². The second-order valence-corrected chi connectivity index (χ2v) is 2.08. The summed E-state index contributed by atoms with van der Waals surface area (Å²) in [6, 6.07) is 1.39. The molecule has 8 heavy (non-hydrogen) atoms. The molecule has 0 rings (SSSR count). The van der Waals surface area contributed by atoms with Crippen LogP contribution in [0.1, 0.15) is 0 Å². The molecule has 0 aromatic rings. The minimum Gasteiger partial charge on any atom is -0.197 e. The van der Waals surface area contributed by atoms with Crippen LogP contribution < -0.4 is 4.72 Å². The van der Waals surface area contributed by atoms with Gasteiger partial charge in [0.1, 0.15) is 6.54 Å². The third-order valence-electron chi connectivity index (χ3n) is 0.324. The summed E-state index contributed by atoms with van der Waals surface area (Å²) in [7, 11) is -4.66. The van der Waals surface area contributed by atoms with Crippen molar-refractivity contribution in [2.45, 2.75) is 0 Å². The highest BCUT2D eigenvalue weighted by atomic mass is 32.3. The first kappa shape index (κ1) is 7.33. The van der Waals surface area contributed by atoms with Crippen LogP contribution in [0.15, 0.2) is 0 Å². The van der Waals surface area contributed by atoms with Gasteiger partial charge < -0.3 is 0 Å². The molecule has 0 aliphatic rings. The zero-order chi connectivity index (χ0) is 6.62. The van der Waals surface area contributed by atoms with E-state index in [4.69, 9.17) is 5.26 Å². The Morgan fingerprint density at radius 3 is 2.38 bits per heavy atom. The van der Waals surface area contributed by atoms with Gasteiger partial charge in [-0.15, -0.1) is 0 Å². The molecule has 0 amide bonds. The minimum atomic E-state index is -4.66. The molecule has 0 radical (unpaired) electrons. The van der Waals surface area contributed by atoms with Gasteiger partial charge in [0.05, 0.1) is 6.07 Å². The third-order valence-corrected chi connectivity index (χ3v) is 0.813. The molecule has 1 N–H and O–H groups in total. The molecule has 0 fully saturated rings. The first-order chi connectivity index (χ1) is 3.56. The first-order valence-electron chi connectivity index (χ1n) is 1.62. The van der Waals surface area contributed by atoms with E-state index in [1.165, 1.54) is 10.8 Å². The summed E-state index contributed by atoms with van der Waals surface area (Å²) in [6.07, 6.45) is 0. The fourth-order valence-electron chi connectivity index (χ4n) is 0.118. The molecule has 0 aromatic heterocycles. The maximum Gasteiger partial charge on any atom is 0.373 e. The molecule has 0 aromatic carbocycles. The first-order valence-corrected chi connectivity index (χ1v) is 3.01. The predicted octanol–water partition coefficient (Wildman–Crippen LogP) is -0.686. The molecule has 0 bridgehead atoms. The largest absolute Gasteiger partial charge is 0.373 e. The van der Waals surface area contributed by atoms with Crippen molar-refractivity contribution in [1.82, 2.24) is 4.72 Å². The standard InChI is InChI=1S/C2H3FN2O2S/c3-8(6,7)5-2-1-4/h5H,2H2. The summed E-state index contributed by atoms with van der Waals surface area (Å²) in [5.41, 5.74) is 0. The molecule has 4 nitrogen and oxygen atoms in total. The average molecular weight is 138 g/mol. The van der Waals surface area contributed by atoms with Gasteiger partial charge in [-0.25, -0.2) is 0 Å². The molecule has 46 valence electrons. The van der Waals surface area contributed by atoms with E-state index in [-0.39, 0.29) is 0 Å². The Labute approximate surface area is 46.3 Å². The predicted molar refractivity (Wildman–Crippen MR) is 23.6 cm³/mol. The summed E-state index contributed by atoms with van der Waals surface area (Å²) in [5.74, 6) is 0. The van der Waals surface area contributed by atoms with Crippen molar-refractivity contribution in [1.29, 1.82) is 5.26 Å². The molecule has 0 unspecified atom stereocenters. The number of hydrogen-bond acceptors (Lipinski definition) is 3. The molecule has 0 saturated heterocycles. The van der Waals surface area contributed by atoms with Gasteiger partial charge in [-0.2, -0.15) is 18.4 Å². The zero-order valence-corrected chi connectivity index (χ0v) is 4.57. The van der Waals surface area contributed by atoms with Crippen molar-refractivity contribution in [3.63, 3.8) is 0 Å². The fraction of sp³-hybridized carbons (Fsp3) is 0.500. The molecule has 0 heterocycles. The van der Waals surface area contributed by atoms with Crippen molar-refractivity contribution in [3.8, 4) is 6.07 Å². The molecule has 0 aliphatic heterocycles. The number of nitrogens with zero attached hydrogens (tertiary/aromatic N) is 1. The van der Waals surface area contributed by atoms with E-state index in [2.05, 4.69) is 0 Å². The van der Waals surface area contributed by atoms with Gasteiger partial charge >= 0.3 is 10.4 Å². The highest BCUT2D eigenvalue weighted by Gasteiger charge is 2.01. The van der Waals surface area contributed by atoms with Gasteiger partial charge in [-0.05, 0) is 0 Å². The molecular weight excluding hydrogens is 135 g/mol. The van der Waals surface area contributed by atoms with Gasteiger partial charge in [0, 0.05) is 0 Å². The van der Waals surface area contributed by atoms with Gasteiger partial charge in [0.25, 0.3) is 0 Å². The van der Waals surface area contributed by atoms with Crippen LogP contribution in [0.3, 0.4) is 0 Å². The molecular formula is C2H3FN2O2S. The maximum absolute atomic E-state index is 11.3. The Hall–Kier alpha value is -0.670. The SMILES string of the molecule is N#CCNS(=O)(=O)F. The van der Waals surface area contributed by atoms with Gasteiger partial charge in [-0.1, -0.05) is 3.89 Å². The van der Waals surface area contributed by atoms with E-state index in [9.17, 15) is 12.3 Å². The second kappa shape index (κ2) is 2.59. The van der Waals surface area contributed by atoms with Crippen LogP contribution in [0.2, 0.25) is 0 Å². The van der Waals surface area contributed by atoms with E-state index in [0.717, 1.165) is 0 Å². The van der Waals surface area contributed by atoms with Crippen molar-refractivity contribution in [3.05, 3.63) is 0 Å².